The van der Waals surface area contributed by atoms with E-state index < -0.39 is 0 Å². The summed E-state index contributed by atoms with van der Waals surface area (Å²) in [7, 11) is 0. The number of hydrogen-bond donors (Lipinski definition) is 1. The van der Waals surface area contributed by atoms with Crippen LogP contribution in [0.3, 0.4) is 0 Å². The second-order valence-electron chi connectivity index (χ2n) is 9.68. The largest absolute Gasteiger partial charge is 0.393 e. The summed E-state index contributed by atoms with van der Waals surface area (Å²) >= 11 is 0. The zero-order valence-electron chi connectivity index (χ0n) is 15.3. The van der Waals surface area contributed by atoms with E-state index in [9.17, 15) is 5.11 Å². The van der Waals surface area contributed by atoms with Gasteiger partial charge < -0.3 is 5.11 Å². The lowest BCUT2D eigenvalue weighted by Crippen LogP contribution is -2.50. The summed E-state index contributed by atoms with van der Waals surface area (Å²) in [6.45, 7) is 11.7. The molecule has 0 radical (unpaired) electrons. The minimum absolute atomic E-state index is 0.0843. The van der Waals surface area contributed by atoms with E-state index in [-0.39, 0.29) is 6.10 Å². The molecule has 3 saturated carbocycles. The second-order valence-corrected chi connectivity index (χ2v) is 9.68. The van der Waals surface area contributed by atoms with Gasteiger partial charge in [-0.2, -0.15) is 0 Å². The van der Waals surface area contributed by atoms with Crippen molar-refractivity contribution in [1.29, 1.82) is 0 Å². The van der Waals surface area contributed by atoms with Crippen LogP contribution in [0.5, 0.6) is 0 Å². The van der Waals surface area contributed by atoms with Crippen LogP contribution in [-0.4, -0.2) is 11.2 Å². The monoisotopic (exact) mass is 314 g/mol. The molecule has 0 amide bonds. The number of allylic oxidation sites excluding steroid dienone is 2. The molecule has 1 heteroatoms. The van der Waals surface area contributed by atoms with Gasteiger partial charge in [0.05, 0.1) is 6.10 Å². The maximum Gasteiger partial charge on any atom is 0.0577 e. The third kappa shape index (κ3) is 2.15. The standard InChI is InChI=1S/C22H34O/c1-14(2)18-7-8-19-17-6-5-15-13-16(23)9-11-21(15,3)20(17)10-12-22(18,19)4/h5,16-20,23H,1,6-13H2,2-4H3/t16-,17+,18+,19+,20+,21-,22+/m0/s1. The quantitative estimate of drug-likeness (QED) is 0.633. The maximum absolute atomic E-state index is 10.1. The Hall–Kier alpha value is -0.560. The summed E-state index contributed by atoms with van der Waals surface area (Å²) < 4.78 is 0. The van der Waals surface area contributed by atoms with Gasteiger partial charge >= 0.3 is 0 Å². The molecular formula is C22H34O. The Balaban J connectivity index is 1.66. The number of aliphatic hydroxyl groups excluding tert-OH is 1. The first-order valence-corrected chi connectivity index (χ1v) is 9.89. The van der Waals surface area contributed by atoms with Gasteiger partial charge in [0.25, 0.3) is 0 Å². The summed E-state index contributed by atoms with van der Waals surface area (Å²) in [6.07, 6.45) is 12.4. The van der Waals surface area contributed by atoms with E-state index in [0.717, 1.165) is 36.5 Å². The fourth-order valence-corrected chi connectivity index (χ4v) is 7.45. The highest BCUT2D eigenvalue weighted by Gasteiger charge is 2.58. The van der Waals surface area contributed by atoms with Gasteiger partial charge in [0.15, 0.2) is 0 Å². The van der Waals surface area contributed by atoms with Crippen molar-refractivity contribution in [3.63, 3.8) is 0 Å². The van der Waals surface area contributed by atoms with E-state index in [2.05, 4.69) is 33.4 Å². The Morgan fingerprint density at radius 2 is 1.91 bits per heavy atom. The normalized spacial score (nSPS) is 52.2. The van der Waals surface area contributed by atoms with Gasteiger partial charge in [0, 0.05) is 0 Å². The van der Waals surface area contributed by atoms with E-state index in [4.69, 9.17) is 0 Å². The molecule has 0 aromatic heterocycles. The molecular weight excluding hydrogens is 280 g/mol. The van der Waals surface area contributed by atoms with Crippen LogP contribution in [0.25, 0.3) is 0 Å². The smallest absolute Gasteiger partial charge is 0.0577 e. The zero-order valence-corrected chi connectivity index (χ0v) is 15.3. The predicted octanol–water partition coefficient (Wildman–Crippen LogP) is 5.50. The zero-order chi connectivity index (χ0) is 16.4. The van der Waals surface area contributed by atoms with Gasteiger partial charge in [-0.05, 0) is 92.8 Å². The van der Waals surface area contributed by atoms with Crippen molar-refractivity contribution >= 4 is 0 Å². The van der Waals surface area contributed by atoms with Crippen molar-refractivity contribution in [2.45, 2.75) is 78.2 Å². The van der Waals surface area contributed by atoms with Gasteiger partial charge in [-0.15, -0.1) is 0 Å². The molecule has 0 aromatic rings. The molecule has 4 aliphatic rings. The minimum atomic E-state index is -0.0843. The Labute approximate surface area is 142 Å². The molecule has 0 saturated heterocycles. The topological polar surface area (TPSA) is 20.2 Å². The third-order valence-electron chi connectivity index (χ3n) is 8.67. The van der Waals surface area contributed by atoms with E-state index in [1.807, 2.05) is 0 Å². The highest BCUT2D eigenvalue weighted by molar-refractivity contribution is 5.26. The summed E-state index contributed by atoms with van der Waals surface area (Å²) in [5, 5.41) is 10.1. The fraction of sp³-hybridized carbons (Fsp3) is 0.818. The van der Waals surface area contributed by atoms with Crippen molar-refractivity contribution in [3.8, 4) is 0 Å². The molecule has 4 aliphatic carbocycles. The molecule has 7 atom stereocenters. The highest BCUT2D eigenvalue weighted by atomic mass is 16.3. The highest BCUT2D eigenvalue weighted by Crippen LogP contribution is 2.66. The summed E-state index contributed by atoms with van der Waals surface area (Å²) in [6, 6.07) is 0. The van der Waals surface area contributed by atoms with Crippen LogP contribution in [0.1, 0.15) is 72.1 Å². The average molecular weight is 315 g/mol. The van der Waals surface area contributed by atoms with Crippen molar-refractivity contribution in [2.75, 3.05) is 0 Å². The third-order valence-corrected chi connectivity index (χ3v) is 8.67. The molecule has 0 heterocycles. The lowest BCUT2D eigenvalue weighted by Gasteiger charge is -2.58. The van der Waals surface area contributed by atoms with Gasteiger partial charge in [-0.1, -0.05) is 37.6 Å². The lowest BCUT2D eigenvalue weighted by molar-refractivity contribution is -0.0453. The summed E-state index contributed by atoms with van der Waals surface area (Å²) in [5.74, 6) is 3.38. The summed E-state index contributed by atoms with van der Waals surface area (Å²) in [5.41, 5.74) is 3.90. The Morgan fingerprint density at radius 3 is 2.65 bits per heavy atom. The Kier molecular flexibility index (Phi) is 3.61. The second kappa shape index (κ2) is 5.22. The van der Waals surface area contributed by atoms with E-state index in [0.29, 0.717) is 10.8 Å². The van der Waals surface area contributed by atoms with Crippen LogP contribution in [0.4, 0.5) is 0 Å². The predicted molar refractivity (Wildman–Crippen MR) is 96.0 cm³/mol. The van der Waals surface area contributed by atoms with E-state index >= 15 is 0 Å². The molecule has 1 N–H and O–H groups in total. The summed E-state index contributed by atoms with van der Waals surface area (Å²) in [4.78, 5) is 0. The van der Waals surface area contributed by atoms with Crippen LogP contribution in [0, 0.1) is 34.5 Å². The first-order chi connectivity index (χ1) is 10.9. The molecule has 1 nitrogen and oxygen atoms in total. The van der Waals surface area contributed by atoms with Gasteiger partial charge in [-0.3, -0.25) is 0 Å². The van der Waals surface area contributed by atoms with E-state index in [1.165, 1.54) is 44.1 Å². The fourth-order valence-electron chi connectivity index (χ4n) is 7.45. The number of rotatable bonds is 1. The minimum Gasteiger partial charge on any atom is -0.393 e. The Morgan fingerprint density at radius 1 is 1.13 bits per heavy atom. The lowest BCUT2D eigenvalue weighted by atomic mass is 9.47. The average Bonchev–Trinajstić information content (AvgIpc) is 2.85. The van der Waals surface area contributed by atoms with Gasteiger partial charge in [0.2, 0.25) is 0 Å². The van der Waals surface area contributed by atoms with Gasteiger partial charge in [0.1, 0.15) is 0 Å². The van der Waals surface area contributed by atoms with Crippen molar-refractivity contribution in [3.05, 3.63) is 23.8 Å². The van der Waals surface area contributed by atoms with Gasteiger partial charge in [-0.25, -0.2) is 0 Å². The molecule has 4 rings (SSSR count). The molecule has 0 spiro atoms. The van der Waals surface area contributed by atoms with Crippen LogP contribution in [0.2, 0.25) is 0 Å². The maximum atomic E-state index is 10.1. The van der Waals surface area contributed by atoms with E-state index in [1.54, 1.807) is 5.57 Å². The molecule has 0 aliphatic heterocycles. The molecule has 128 valence electrons. The number of hydrogen-bond acceptors (Lipinski definition) is 1. The van der Waals surface area contributed by atoms with Crippen LogP contribution >= 0.6 is 0 Å². The van der Waals surface area contributed by atoms with Crippen molar-refractivity contribution in [2.24, 2.45) is 34.5 Å². The first kappa shape index (κ1) is 15.9. The Bertz CT molecular complexity index is 546. The number of fused-ring (bicyclic) bond motifs is 5. The van der Waals surface area contributed by atoms with Crippen molar-refractivity contribution < 1.29 is 5.11 Å². The molecule has 0 bridgehead atoms. The first-order valence-electron chi connectivity index (χ1n) is 9.89. The molecule has 0 unspecified atom stereocenters. The molecule has 0 aromatic carbocycles. The molecule has 23 heavy (non-hydrogen) atoms. The van der Waals surface area contributed by atoms with Crippen LogP contribution in [-0.2, 0) is 0 Å². The molecule has 3 fully saturated rings. The SMILES string of the molecule is C=C(C)[C@H]1CC[C@@H]2[C@H]3CC=C4C[C@@H](O)CC[C@]4(C)[C@@H]3CC[C@]12C. The number of aliphatic hydroxyl groups is 1. The van der Waals surface area contributed by atoms with Crippen molar-refractivity contribution in [1.82, 2.24) is 0 Å². The van der Waals surface area contributed by atoms with Crippen LogP contribution in [0.15, 0.2) is 23.8 Å². The van der Waals surface area contributed by atoms with Crippen LogP contribution < -0.4 is 0 Å².